The van der Waals surface area contributed by atoms with Gasteiger partial charge >= 0.3 is 12.1 Å². The number of hydrogen-bond donors (Lipinski definition) is 2. The van der Waals surface area contributed by atoms with E-state index in [1.165, 1.54) is 0 Å². The van der Waals surface area contributed by atoms with Gasteiger partial charge in [-0.3, -0.25) is 9.93 Å². The minimum atomic E-state index is -4.77. The van der Waals surface area contributed by atoms with Gasteiger partial charge in [0.25, 0.3) is 0 Å². The number of nitrogens with two attached hydrogens (primary N) is 1. The molecule has 10 heavy (non-hydrogen) atoms. The summed E-state index contributed by atoms with van der Waals surface area (Å²) >= 11 is -0.240. The van der Waals surface area contributed by atoms with Gasteiger partial charge in [0.2, 0.25) is 5.25 Å². The highest BCUT2D eigenvalue weighted by molar-refractivity contribution is 7.98. The van der Waals surface area contributed by atoms with E-state index in [1.54, 1.807) is 0 Å². The number of carboxylic acid groups (broad SMARTS) is 1. The zero-order valence-corrected chi connectivity index (χ0v) is 5.37. The highest BCUT2D eigenvalue weighted by atomic mass is 32.2. The smallest absolute Gasteiger partial charge is 0.412 e. The zero-order chi connectivity index (χ0) is 8.36. The number of halogens is 3. The molecule has 0 aromatic heterocycles. The summed E-state index contributed by atoms with van der Waals surface area (Å²) in [5, 5.41) is 9.84. The van der Waals surface area contributed by atoms with Gasteiger partial charge in [-0.1, -0.05) is 11.9 Å². The topological polar surface area (TPSA) is 63.3 Å². The van der Waals surface area contributed by atoms with Crippen molar-refractivity contribution in [1.29, 1.82) is 0 Å². The number of aliphatic carboxylic acids is 1. The molecule has 0 bridgehead atoms. The Bertz CT molecular complexity index is 136. The lowest BCUT2D eigenvalue weighted by molar-refractivity contribution is -0.162. The van der Waals surface area contributed by atoms with Crippen molar-refractivity contribution in [2.75, 3.05) is 0 Å². The van der Waals surface area contributed by atoms with Crippen molar-refractivity contribution in [3.63, 3.8) is 0 Å². The number of carboxylic acids is 1. The zero-order valence-electron chi connectivity index (χ0n) is 4.55. The van der Waals surface area contributed by atoms with Gasteiger partial charge in [0.05, 0.1) is 0 Å². The van der Waals surface area contributed by atoms with Crippen LogP contribution in [0.5, 0.6) is 0 Å². The van der Waals surface area contributed by atoms with Crippen LogP contribution >= 0.6 is 11.9 Å². The molecule has 0 radical (unpaired) electrons. The lowest BCUT2D eigenvalue weighted by Crippen LogP contribution is -2.34. The maximum absolute atomic E-state index is 11.5. The summed E-state index contributed by atoms with van der Waals surface area (Å²) in [5.41, 5.74) is 0. The summed E-state index contributed by atoms with van der Waals surface area (Å²) < 4.78 is 34.5. The summed E-state index contributed by atoms with van der Waals surface area (Å²) in [7, 11) is 0. The van der Waals surface area contributed by atoms with Crippen LogP contribution in [0.15, 0.2) is 0 Å². The molecule has 0 spiro atoms. The fourth-order valence-corrected chi connectivity index (χ4v) is 0.546. The molecule has 0 aromatic rings. The molecule has 0 aliphatic carbocycles. The van der Waals surface area contributed by atoms with E-state index in [2.05, 4.69) is 5.14 Å². The second-order valence-corrected chi connectivity index (χ2v) is 2.14. The van der Waals surface area contributed by atoms with Crippen LogP contribution in [-0.4, -0.2) is 22.5 Å². The van der Waals surface area contributed by atoms with Crippen LogP contribution in [0.4, 0.5) is 13.2 Å². The largest absolute Gasteiger partial charge is 0.480 e. The fraction of sp³-hybridized carbons (Fsp3) is 0.667. The fourth-order valence-electron chi connectivity index (χ4n) is 0.275. The molecule has 0 saturated heterocycles. The molecule has 3 N–H and O–H groups in total. The third-order valence-electron chi connectivity index (χ3n) is 0.658. The average molecular weight is 175 g/mol. The lowest BCUT2D eigenvalue weighted by Gasteiger charge is -2.11. The number of alkyl halides is 3. The highest BCUT2D eigenvalue weighted by Gasteiger charge is 2.45. The number of carbonyl (C=O) groups is 1. The third-order valence-corrected chi connectivity index (χ3v) is 1.40. The van der Waals surface area contributed by atoms with Crippen LogP contribution in [0.3, 0.4) is 0 Å². The van der Waals surface area contributed by atoms with E-state index in [0.717, 1.165) is 0 Å². The summed E-state index contributed by atoms with van der Waals surface area (Å²) in [6.45, 7) is 0. The van der Waals surface area contributed by atoms with E-state index in [4.69, 9.17) is 5.11 Å². The van der Waals surface area contributed by atoms with E-state index in [9.17, 15) is 18.0 Å². The van der Waals surface area contributed by atoms with Crippen molar-refractivity contribution < 1.29 is 23.1 Å². The molecule has 0 aromatic carbocycles. The lowest BCUT2D eigenvalue weighted by atomic mass is 10.4. The molecule has 0 aliphatic heterocycles. The predicted molar refractivity (Wildman–Crippen MR) is 29.3 cm³/mol. The van der Waals surface area contributed by atoms with Gasteiger partial charge in [0, 0.05) is 0 Å². The Morgan fingerprint density at radius 3 is 2.00 bits per heavy atom. The second-order valence-electron chi connectivity index (χ2n) is 1.40. The normalized spacial score (nSPS) is 14.8. The van der Waals surface area contributed by atoms with Gasteiger partial charge in [0.1, 0.15) is 0 Å². The van der Waals surface area contributed by atoms with Crippen LogP contribution in [0, 0.1) is 0 Å². The summed E-state index contributed by atoms with van der Waals surface area (Å²) in [4.78, 5) is 9.76. The van der Waals surface area contributed by atoms with Crippen molar-refractivity contribution >= 4 is 17.9 Å². The Morgan fingerprint density at radius 2 is 2.00 bits per heavy atom. The molecule has 0 rings (SSSR count). The van der Waals surface area contributed by atoms with Crippen LogP contribution in [-0.2, 0) is 4.79 Å². The van der Waals surface area contributed by atoms with Crippen LogP contribution < -0.4 is 5.14 Å². The van der Waals surface area contributed by atoms with E-state index in [0.29, 0.717) is 0 Å². The first-order valence-electron chi connectivity index (χ1n) is 2.04. The van der Waals surface area contributed by atoms with Crippen molar-refractivity contribution in [2.45, 2.75) is 11.4 Å². The molecule has 0 heterocycles. The van der Waals surface area contributed by atoms with Crippen molar-refractivity contribution in [1.82, 2.24) is 0 Å². The first-order valence-corrected chi connectivity index (χ1v) is 2.99. The maximum Gasteiger partial charge on any atom is 0.412 e. The summed E-state index contributed by atoms with van der Waals surface area (Å²) in [6.07, 6.45) is -4.77. The SMILES string of the molecule is NSC(C(=O)O)C(F)(F)F. The molecule has 1 unspecified atom stereocenters. The Morgan fingerprint density at radius 1 is 1.60 bits per heavy atom. The molecule has 3 nitrogen and oxygen atoms in total. The standard InChI is InChI=1S/C3H4F3NO2S/c4-3(5,6)1(10-7)2(8)9/h1H,7H2,(H,8,9). The van der Waals surface area contributed by atoms with Gasteiger partial charge in [-0.05, 0) is 0 Å². The van der Waals surface area contributed by atoms with Gasteiger partial charge in [-0.15, -0.1) is 0 Å². The molecule has 60 valence electrons. The minimum absolute atomic E-state index is 0.240. The molecule has 7 heteroatoms. The number of rotatable bonds is 2. The molecule has 0 amide bonds. The van der Waals surface area contributed by atoms with Gasteiger partial charge in [-0.2, -0.15) is 13.2 Å². The van der Waals surface area contributed by atoms with Gasteiger partial charge < -0.3 is 5.11 Å². The monoisotopic (exact) mass is 175 g/mol. The molecule has 0 aliphatic rings. The first kappa shape index (κ1) is 9.57. The predicted octanol–water partition coefficient (Wildman–Crippen LogP) is 0.609. The Hall–Kier alpha value is -0.430. The third kappa shape index (κ3) is 2.44. The quantitative estimate of drug-likeness (QED) is 0.603. The summed E-state index contributed by atoms with van der Waals surface area (Å²) in [5.74, 6) is -1.97. The Balaban J connectivity index is 4.22. The molecular formula is C3H4F3NO2S. The minimum Gasteiger partial charge on any atom is -0.480 e. The van der Waals surface area contributed by atoms with Crippen LogP contribution in [0.2, 0.25) is 0 Å². The Kier molecular flexibility index (Phi) is 2.97. The van der Waals surface area contributed by atoms with E-state index in [1.807, 2.05) is 0 Å². The molecule has 1 atom stereocenters. The summed E-state index contributed by atoms with van der Waals surface area (Å²) in [6, 6.07) is 0. The first-order chi connectivity index (χ1) is 4.39. The molecule has 0 saturated carbocycles. The maximum atomic E-state index is 11.5. The second kappa shape index (κ2) is 3.11. The van der Waals surface area contributed by atoms with E-state index < -0.39 is 17.4 Å². The van der Waals surface area contributed by atoms with Crippen LogP contribution in [0.1, 0.15) is 0 Å². The van der Waals surface area contributed by atoms with Crippen LogP contribution in [0.25, 0.3) is 0 Å². The van der Waals surface area contributed by atoms with E-state index >= 15 is 0 Å². The average Bonchev–Trinajstić information content (AvgIpc) is 1.60. The van der Waals surface area contributed by atoms with Gasteiger partial charge in [-0.25, -0.2) is 0 Å². The van der Waals surface area contributed by atoms with Crippen molar-refractivity contribution in [3.8, 4) is 0 Å². The van der Waals surface area contributed by atoms with Gasteiger partial charge in [0.15, 0.2) is 0 Å². The Labute approximate surface area is 58.5 Å². The highest BCUT2D eigenvalue weighted by Crippen LogP contribution is 2.27. The molecular weight excluding hydrogens is 171 g/mol. The van der Waals surface area contributed by atoms with Crippen molar-refractivity contribution in [2.24, 2.45) is 5.14 Å². The molecule has 0 fully saturated rings. The van der Waals surface area contributed by atoms with Crippen molar-refractivity contribution in [3.05, 3.63) is 0 Å². The van der Waals surface area contributed by atoms with E-state index in [-0.39, 0.29) is 11.9 Å². The number of hydrogen-bond acceptors (Lipinski definition) is 3.